The zero-order chi connectivity index (χ0) is 18.8. The van der Waals surface area contributed by atoms with Crippen LogP contribution in [0.3, 0.4) is 0 Å². The molecule has 0 aromatic heterocycles. The lowest BCUT2D eigenvalue weighted by atomic mass is 9.72. The molecule has 0 bridgehead atoms. The first kappa shape index (κ1) is 18.2. The molecule has 5 heteroatoms. The molecule has 2 aliphatic heterocycles. The van der Waals surface area contributed by atoms with Crippen molar-refractivity contribution in [3.05, 3.63) is 41.5 Å². The Balaban J connectivity index is 1.63. The number of aliphatic hydroxyl groups excluding tert-OH is 1. The van der Waals surface area contributed by atoms with Gasteiger partial charge in [-0.2, -0.15) is 5.26 Å². The summed E-state index contributed by atoms with van der Waals surface area (Å²) in [5.41, 5.74) is 3.59. The highest BCUT2D eigenvalue weighted by Crippen LogP contribution is 2.45. The number of hydrogen-bond donors (Lipinski definition) is 1. The van der Waals surface area contributed by atoms with Gasteiger partial charge in [-0.05, 0) is 48.8 Å². The number of carbonyl (C=O) groups is 1. The minimum atomic E-state index is -0.513. The smallest absolute Gasteiger partial charge is 0.227 e. The van der Waals surface area contributed by atoms with Crippen LogP contribution in [0.25, 0.3) is 5.57 Å². The summed E-state index contributed by atoms with van der Waals surface area (Å²) in [5, 5.41) is 19.9. The number of ether oxygens (including phenoxy) is 1. The molecule has 4 rings (SSSR count). The van der Waals surface area contributed by atoms with Gasteiger partial charge in [0.05, 0.1) is 18.7 Å². The summed E-state index contributed by atoms with van der Waals surface area (Å²) in [7, 11) is 0. The standard InChI is InChI=1S/C22H26N2O3/c23-13-19-21(18-8-4-3-7-17(18)15-5-1-2-6-15)20(14-25)24(19)22(26)16-9-11-27-12-10-16/h3-5,7-8,16,19-21,25H,1-2,6,9-12,14H2/t19-,20-,21+/m1/s1. The molecule has 1 aromatic rings. The number of carbonyl (C=O) groups excluding carboxylic acids is 1. The predicted molar refractivity (Wildman–Crippen MR) is 102 cm³/mol. The Morgan fingerprint density at radius 3 is 2.74 bits per heavy atom. The molecule has 5 nitrogen and oxygen atoms in total. The van der Waals surface area contributed by atoms with Crippen LogP contribution >= 0.6 is 0 Å². The first-order valence-corrected chi connectivity index (χ1v) is 9.95. The van der Waals surface area contributed by atoms with Crippen molar-refractivity contribution in [2.45, 2.75) is 50.1 Å². The van der Waals surface area contributed by atoms with Crippen LogP contribution in [0.4, 0.5) is 0 Å². The van der Waals surface area contributed by atoms with Gasteiger partial charge in [-0.25, -0.2) is 0 Å². The van der Waals surface area contributed by atoms with Crippen molar-refractivity contribution >= 4 is 11.5 Å². The van der Waals surface area contributed by atoms with Crippen LogP contribution in [0.1, 0.15) is 49.1 Å². The molecule has 1 amide bonds. The minimum Gasteiger partial charge on any atom is -0.394 e. The van der Waals surface area contributed by atoms with Gasteiger partial charge in [0, 0.05) is 25.0 Å². The molecule has 0 spiro atoms. The maximum Gasteiger partial charge on any atom is 0.227 e. The van der Waals surface area contributed by atoms with E-state index >= 15 is 0 Å². The molecule has 2 heterocycles. The van der Waals surface area contributed by atoms with E-state index < -0.39 is 6.04 Å². The molecule has 0 unspecified atom stereocenters. The maximum absolute atomic E-state index is 13.0. The van der Waals surface area contributed by atoms with Gasteiger partial charge in [-0.1, -0.05) is 30.3 Å². The lowest BCUT2D eigenvalue weighted by molar-refractivity contribution is -0.154. The second-order valence-corrected chi connectivity index (χ2v) is 7.69. The topological polar surface area (TPSA) is 73.6 Å². The van der Waals surface area contributed by atoms with Gasteiger partial charge < -0.3 is 14.7 Å². The van der Waals surface area contributed by atoms with Gasteiger partial charge in [-0.3, -0.25) is 4.79 Å². The van der Waals surface area contributed by atoms with E-state index in [1.165, 1.54) is 11.1 Å². The fourth-order valence-corrected chi connectivity index (χ4v) is 4.83. The molecule has 3 aliphatic rings. The van der Waals surface area contributed by atoms with E-state index in [1.807, 2.05) is 12.1 Å². The fraction of sp³-hybridized carbons (Fsp3) is 0.545. The molecular formula is C22H26N2O3. The molecular weight excluding hydrogens is 340 g/mol. The predicted octanol–water partition coefficient (Wildman–Crippen LogP) is 2.86. The summed E-state index contributed by atoms with van der Waals surface area (Å²) in [6, 6.07) is 9.68. The van der Waals surface area contributed by atoms with Gasteiger partial charge >= 0.3 is 0 Å². The van der Waals surface area contributed by atoms with Gasteiger partial charge in [-0.15, -0.1) is 0 Å². The second kappa shape index (κ2) is 7.84. The third kappa shape index (κ3) is 3.18. The fourth-order valence-electron chi connectivity index (χ4n) is 4.83. The first-order chi connectivity index (χ1) is 13.3. The van der Waals surface area contributed by atoms with E-state index in [-0.39, 0.29) is 30.4 Å². The third-order valence-electron chi connectivity index (χ3n) is 6.26. The Hall–Kier alpha value is -2.16. The van der Waals surface area contributed by atoms with Crippen LogP contribution in [-0.2, 0) is 9.53 Å². The number of aliphatic hydroxyl groups is 1. The molecule has 1 aliphatic carbocycles. The number of benzene rings is 1. The molecule has 2 fully saturated rings. The highest BCUT2D eigenvalue weighted by molar-refractivity contribution is 5.82. The van der Waals surface area contributed by atoms with Crippen LogP contribution in [0.15, 0.2) is 30.3 Å². The van der Waals surface area contributed by atoms with Crippen molar-refractivity contribution in [3.8, 4) is 6.07 Å². The number of amides is 1. The largest absolute Gasteiger partial charge is 0.394 e. The maximum atomic E-state index is 13.0. The number of allylic oxidation sites excluding steroid dienone is 2. The van der Waals surface area contributed by atoms with Crippen LogP contribution in [-0.4, -0.2) is 47.8 Å². The van der Waals surface area contributed by atoms with Crippen molar-refractivity contribution in [3.63, 3.8) is 0 Å². The number of nitriles is 1. The van der Waals surface area contributed by atoms with E-state index in [2.05, 4.69) is 24.3 Å². The summed E-state index contributed by atoms with van der Waals surface area (Å²) in [5.74, 6) is -0.239. The molecule has 2 saturated heterocycles. The summed E-state index contributed by atoms with van der Waals surface area (Å²) < 4.78 is 5.36. The van der Waals surface area contributed by atoms with Crippen LogP contribution in [0, 0.1) is 17.2 Å². The number of hydrogen-bond acceptors (Lipinski definition) is 4. The lowest BCUT2D eigenvalue weighted by Crippen LogP contribution is -2.66. The number of rotatable bonds is 4. The Morgan fingerprint density at radius 2 is 2.07 bits per heavy atom. The van der Waals surface area contributed by atoms with E-state index in [0.717, 1.165) is 24.8 Å². The zero-order valence-electron chi connectivity index (χ0n) is 15.5. The molecule has 3 atom stereocenters. The zero-order valence-corrected chi connectivity index (χ0v) is 15.5. The van der Waals surface area contributed by atoms with Crippen LogP contribution in [0.5, 0.6) is 0 Å². The van der Waals surface area contributed by atoms with Crippen molar-refractivity contribution in [1.29, 1.82) is 5.26 Å². The second-order valence-electron chi connectivity index (χ2n) is 7.69. The molecule has 142 valence electrons. The van der Waals surface area contributed by atoms with Gasteiger partial charge in [0.2, 0.25) is 5.91 Å². The molecule has 1 N–H and O–H groups in total. The Kier molecular flexibility index (Phi) is 5.29. The highest BCUT2D eigenvalue weighted by atomic mass is 16.5. The van der Waals surface area contributed by atoms with E-state index in [9.17, 15) is 15.2 Å². The summed E-state index contributed by atoms with van der Waals surface area (Å²) in [4.78, 5) is 14.7. The van der Waals surface area contributed by atoms with E-state index in [4.69, 9.17) is 4.74 Å². The van der Waals surface area contributed by atoms with Crippen LogP contribution in [0.2, 0.25) is 0 Å². The molecule has 1 aromatic carbocycles. The molecule has 27 heavy (non-hydrogen) atoms. The van der Waals surface area contributed by atoms with E-state index in [1.54, 1.807) is 4.90 Å². The quantitative estimate of drug-likeness (QED) is 0.889. The van der Waals surface area contributed by atoms with Gasteiger partial charge in [0.25, 0.3) is 0 Å². The van der Waals surface area contributed by atoms with Crippen molar-refractivity contribution in [1.82, 2.24) is 4.90 Å². The van der Waals surface area contributed by atoms with Crippen molar-refractivity contribution in [2.75, 3.05) is 19.8 Å². The Labute approximate surface area is 160 Å². The average molecular weight is 366 g/mol. The van der Waals surface area contributed by atoms with Crippen molar-refractivity contribution < 1.29 is 14.6 Å². The lowest BCUT2D eigenvalue weighted by Gasteiger charge is -2.53. The minimum absolute atomic E-state index is 0.00212. The van der Waals surface area contributed by atoms with Crippen LogP contribution < -0.4 is 0 Å². The SMILES string of the molecule is N#C[C@@H]1[C@H](c2ccccc2C2=CCCC2)[C@@H](CO)N1C(=O)C1CCOCC1. The average Bonchev–Trinajstić information content (AvgIpc) is 3.23. The number of likely N-dealkylation sites (tertiary alicyclic amines) is 1. The third-order valence-corrected chi connectivity index (χ3v) is 6.26. The summed E-state index contributed by atoms with van der Waals surface area (Å²) in [6.07, 6.45) is 6.97. The summed E-state index contributed by atoms with van der Waals surface area (Å²) in [6.45, 7) is 1.06. The Bertz CT molecular complexity index is 776. The molecule has 0 radical (unpaired) electrons. The van der Waals surface area contributed by atoms with Crippen molar-refractivity contribution in [2.24, 2.45) is 5.92 Å². The Morgan fingerprint density at radius 1 is 1.30 bits per heavy atom. The first-order valence-electron chi connectivity index (χ1n) is 9.95. The monoisotopic (exact) mass is 366 g/mol. The highest BCUT2D eigenvalue weighted by Gasteiger charge is 2.53. The number of nitrogens with zero attached hydrogens (tertiary/aromatic N) is 2. The molecule has 0 saturated carbocycles. The van der Waals surface area contributed by atoms with E-state index in [0.29, 0.717) is 26.1 Å². The normalized spacial score (nSPS) is 28.4. The van der Waals surface area contributed by atoms with Gasteiger partial charge in [0.15, 0.2) is 0 Å². The summed E-state index contributed by atoms with van der Waals surface area (Å²) >= 11 is 0. The van der Waals surface area contributed by atoms with Gasteiger partial charge in [0.1, 0.15) is 6.04 Å².